The van der Waals surface area contributed by atoms with Gasteiger partial charge in [-0.05, 0) is 12.1 Å². The minimum absolute atomic E-state index is 0. The van der Waals surface area contributed by atoms with Crippen molar-refractivity contribution in [3.05, 3.63) is 35.9 Å². The predicted molar refractivity (Wildman–Crippen MR) is 50.9 cm³/mol. The van der Waals surface area contributed by atoms with Crippen LogP contribution in [0.3, 0.4) is 0 Å². The summed E-state index contributed by atoms with van der Waals surface area (Å²) in [7, 11) is 0. The van der Waals surface area contributed by atoms with Crippen LogP contribution in [0.15, 0.2) is 30.3 Å². The Labute approximate surface area is 120 Å². The molecule has 2 rings (SSSR count). The number of fused-ring (bicyclic) bond motifs is 1. The molecule has 0 aromatic heterocycles. The molecule has 4 heteroatoms. The maximum absolute atomic E-state index is 5.34. The van der Waals surface area contributed by atoms with Crippen molar-refractivity contribution in [3.63, 3.8) is 0 Å². The SMILES string of the molecule is C1=Cc2ccccc2OC1.[AsH3].[Cd].[Ni]. The molecular formula is C9H11AsCdNiO. The molecule has 1 unspecified atom stereocenters. The molecule has 1 heterocycles. The molecule has 0 saturated carbocycles. The van der Waals surface area contributed by atoms with Crippen LogP contribution in [0.25, 0.3) is 6.08 Å². The molecule has 70 valence electrons. The van der Waals surface area contributed by atoms with Crippen molar-refractivity contribution in [2.45, 2.75) is 0 Å². The maximum atomic E-state index is 5.34. The molecule has 0 fully saturated rings. The van der Waals surface area contributed by atoms with E-state index in [2.05, 4.69) is 6.08 Å². The van der Waals surface area contributed by atoms with E-state index < -0.39 is 0 Å². The number of ether oxygens (including phenoxy) is 1. The average Bonchev–Trinajstić information content (AvgIpc) is 2.05. The van der Waals surface area contributed by atoms with Crippen LogP contribution in [0, 0.1) is 0 Å². The summed E-state index contributed by atoms with van der Waals surface area (Å²) in [6.45, 7) is 0.705. The van der Waals surface area contributed by atoms with Gasteiger partial charge in [-0.3, -0.25) is 0 Å². The van der Waals surface area contributed by atoms with Crippen molar-refractivity contribution in [3.8, 4) is 5.75 Å². The summed E-state index contributed by atoms with van der Waals surface area (Å²) in [5.74, 6) is 0.991. The first-order chi connectivity index (χ1) is 4.97. The summed E-state index contributed by atoms with van der Waals surface area (Å²) in [5, 5.41) is 0. The van der Waals surface area contributed by atoms with Crippen LogP contribution in [0.1, 0.15) is 5.56 Å². The first-order valence-corrected chi connectivity index (χ1v) is 3.35. The number of para-hydroxylation sites is 1. The smallest absolute Gasteiger partial charge is 0 e. The van der Waals surface area contributed by atoms with E-state index >= 15 is 0 Å². The fourth-order valence-corrected chi connectivity index (χ4v) is 1.06. The minimum atomic E-state index is 0. The Bertz CT molecular complexity index is 278. The van der Waals surface area contributed by atoms with E-state index in [1.807, 2.05) is 30.3 Å². The van der Waals surface area contributed by atoms with Crippen LogP contribution >= 0.6 is 0 Å². The fourth-order valence-electron chi connectivity index (χ4n) is 1.06. The molecule has 13 heavy (non-hydrogen) atoms. The second-order valence-corrected chi connectivity index (χ2v) is 2.25. The summed E-state index contributed by atoms with van der Waals surface area (Å²) >= 11 is 0. The quantitative estimate of drug-likeness (QED) is 0.607. The zero-order chi connectivity index (χ0) is 6.81. The number of rotatable bonds is 0. The first kappa shape index (κ1) is 16.2. The Kier molecular flexibility index (Phi) is 10.0. The normalized spacial score (nSPS) is 10.8. The van der Waals surface area contributed by atoms with Gasteiger partial charge in [0.1, 0.15) is 12.4 Å². The van der Waals surface area contributed by atoms with Gasteiger partial charge in [-0.1, -0.05) is 24.3 Å². The Morgan fingerprint density at radius 3 is 2.54 bits per heavy atom. The van der Waals surface area contributed by atoms with Crippen LogP contribution in [0.2, 0.25) is 0 Å². The van der Waals surface area contributed by atoms with Gasteiger partial charge in [0.15, 0.2) is 0 Å². The molecule has 0 bridgehead atoms. The Morgan fingerprint density at radius 1 is 1.15 bits per heavy atom. The van der Waals surface area contributed by atoms with Gasteiger partial charge in [0, 0.05) is 49.4 Å². The van der Waals surface area contributed by atoms with Gasteiger partial charge in [0.2, 0.25) is 0 Å². The predicted octanol–water partition coefficient (Wildman–Crippen LogP) is 0.903. The van der Waals surface area contributed by atoms with Gasteiger partial charge in [-0.15, -0.1) is 0 Å². The van der Waals surface area contributed by atoms with Crippen molar-refractivity contribution in [1.82, 2.24) is 0 Å². The standard InChI is InChI=1S/C9H8O.AsH3.Cd.Ni/c1-2-6-9-8(4-1)5-3-7-10-9;;;/h1-6H,7H2;1H3;;. The molecule has 0 radical (unpaired) electrons. The molecule has 0 amide bonds. The van der Waals surface area contributed by atoms with Crippen LogP contribution in [0.5, 0.6) is 5.75 Å². The van der Waals surface area contributed by atoms with E-state index in [9.17, 15) is 0 Å². The van der Waals surface area contributed by atoms with E-state index in [1.165, 1.54) is 5.56 Å². The number of hydrogen-bond donors (Lipinski definition) is 0. The van der Waals surface area contributed by atoms with E-state index in [4.69, 9.17) is 4.74 Å². The third-order valence-corrected chi connectivity index (χ3v) is 1.55. The van der Waals surface area contributed by atoms with E-state index in [0.29, 0.717) is 6.61 Å². The van der Waals surface area contributed by atoms with Gasteiger partial charge in [-0.2, -0.15) is 0 Å². The minimum Gasteiger partial charge on any atom is 0 e. The molecule has 1 aliphatic heterocycles. The summed E-state index contributed by atoms with van der Waals surface area (Å²) in [6, 6.07) is 8.03. The monoisotopic (exact) mass is 382 g/mol. The number of hydrogen-bond acceptors (Lipinski definition) is 1. The summed E-state index contributed by atoms with van der Waals surface area (Å²) in [4.78, 5) is 0. The average molecular weight is 381 g/mol. The molecule has 0 spiro atoms. The van der Waals surface area contributed by atoms with Crippen molar-refractivity contribution >= 4 is 24.0 Å². The van der Waals surface area contributed by atoms with Crippen molar-refractivity contribution in [2.75, 3.05) is 6.61 Å². The van der Waals surface area contributed by atoms with Gasteiger partial charge in [-0.25, -0.2) is 0 Å². The van der Waals surface area contributed by atoms with Crippen LogP contribution in [-0.2, 0) is 43.8 Å². The van der Waals surface area contributed by atoms with Crippen molar-refractivity contribution in [2.24, 2.45) is 0 Å². The summed E-state index contributed by atoms with van der Waals surface area (Å²) in [5.41, 5.74) is 1.17. The molecule has 1 nitrogen and oxygen atoms in total. The maximum Gasteiger partial charge on any atom is 0 e. The largest absolute Gasteiger partial charge is 0 e. The third kappa shape index (κ3) is 4.18. The fraction of sp³-hybridized carbons (Fsp3) is 0.111. The van der Waals surface area contributed by atoms with Gasteiger partial charge in [0.05, 0.1) is 0 Å². The van der Waals surface area contributed by atoms with Crippen LogP contribution < -0.4 is 4.74 Å². The zero-order valence-electron chi connectivity index (χ0n) is 7.31. The summed E-state index contributed by atoms with van der Waals surface area (Å²) in [6.07, 6.45) is 4.10. The molecule has 1 aromatic rings. The summed E-state index contributed by atoms with van der Waals surface area (Å²) < 4.78 is 5.34. The third-order valence-electron chi connectivity index (χ3n) is 1.55. The Morgan fingerprint density at radius 2 is 1.85 bits per heavy atom. The molecule has 1 aliphatic rings. The zero-order valence-corrected chi connectivity index (χ0v) is 15.3. The van der Waals surface area contributed by atoms with Crippen LogP contribution in [-0.4, -0.2) is 24.6 Å². The molecule has 0 saturated heterocycles. The Balaban J connectivity index is 0. The second kappa shape index (κ2) is 8.08. The van der Waals surface area contributed by atoms with Crippen molar-refractivity contribution in [1.29, 1.82) is 0 Å². The topological polar surface area (TPSA) is 9.23 Å². The molecule has 1 aromatic carbocycles. The van der Waals surface area contributed by atoms with Gasteiger partial charge in [0.25, 0.3) is 0 Å². The van der Waals surface area contributed by atoms with Gasteiger partial charge < -0.3 is 4.74 Å². The van der Waals surface area contributed by atoms with E-state index in [-0.39, 0.29) is 61.7 Å². The van der Waals surface area contributed by atoms with Gasteiger partial charge >= 0.3 is 18.0 Å². The van der Waals surface area contributed by atoms with E-state index in [1.54, 1.807) is 0 Å². The number of benzene rings is 1. The molecular weight excluding hydrogens is 370 g/mol. The second-order valence-electron chi connectivity index (χ2n) is 2.25. The first-order valence-electron chi connectivity index (χ1n) is 3.35. The van der Waals surface area contributed by atoms with E-state index in [0.717, 1.165) is 5.75 Å². The Hall–Kier alpha value is 0.734. The molecule has 0 N–H and O–H groups in total. The molecule has 1 atom stereocenters. The van der Waals surface area contributed by atoms with Crippen molar-refractivity contribution < 1.29 is 48.5 Å². The molecule has 0 aliphatic carbocycles. The van der Waals surface area contributed by atoms with Crippen LogP contribution in [0.4, 0.5) is 0 Å².